The minimum atomic E-state index is -3.88. The molecule has 0 bridgehead atoms. The third-order valence-corrected chi connectivity index (χ3v) is 6.63. The largest absolute Gasteiger partial charge is 0.370 e. The normalized spacial score (nSPS) is 16.7. The van der Waals surface area contributed by atoms with Crippen LogP contribution in [0.5, 0.6) is 0 Å². The lowest BCUT2D eigenvalue weighted by Crippen LogP contribution is -2.46. The van der Waals surface area contributed by atoms with E-state index in [0.29, 0.717) is 37.4 Å². The van der Waals surface area contributed by atoms with Gasteiger partial charge in [-0.1, -0.05) is 37.3 Å². The van der Waals surface area contributed by atoms with Crippen molar-refractivity contribution in [3.63, 3.8) is 0 Å². The molecular weight excluding hydrogens is 418 g/mol. The zero-order chi connectivity index (χ0) is 22.4. The molecule has 1 heterocycles. The molecule has 1 unspecified atom stereocenters. The number of hydrogen-bond acceptors (Lipinski definition) is 5. The molecule has 0 aromatic heterocycles. The van der Waals surface area contributed by atoms with Crippen LogP contribution in [0.2, 0.25) is 0 Å². The summed E-state index contributed by atoms with van der Waals surface area (Å²) in [5.74, 6) is -0.463. The number of anilines is 1. The molecule has 1 aliphatic heterocycles. The fraction of sp³-hybridized carbons (Fsp3) is 0.364. The molecule has 0 radical (unpaired) electrons. The first-order valence-electron chi connectivity index (χ1n) is 10.1. The summed E-state index contributed by atoms with van der Waals surface area (Å²) in [5.41, 5.74) is 1.98. The van der Waals surface area contributed by atoms with Gasteiger partial charge in [0.15, 0.2) is 0 Å². The molecule has 1 atom stereocenters. The molecule has 1 saturated heterocycles. The first-order chi connectivity index (χ1) is 14.8. The fourth-order valence-corrected chi connectivity index (χ4v) is 4.57. The van der Waals surface area contributed by atoms with Crippen LogP contribution in [0.4, 0.5) is 5.69 Å². The average Bonchev–Trinajstić information content (AvgIpc) is 2.78. The second kappa shape index (κ2) is 10.0. The van der Waals surface area contributed by atoms with E-state index < -0.39 is 10.0 Å². The Hall–Kier alpha value is -2.75. The number of amides is 2. The van der Waals surface area contributed by atoms with Crippen LogP contribution in [0.3, 0.4) is 0 Å². The van der Waals surface area contributed by atoms with Crippen LogP contribution in [-0.2, 0) is 24.3 Å². The molecule has 1 fully saturated rings. The van der Waals surface area contributed by atoms with E-state index >= 15 is 0 Å². The second-order valence-electron chi connectivity index (χ2n) is 7.32. The predicted molar refractivity (Wildman–Crippen MR) is 117 cm³/mol. The number of benzene rings is 2. The van der Waals surface area contributed by atoms with E-state index in [1.165, 1.54) is 12.1 Å². The molecule has 2 aromatic carbocycles. The molecule has 2 aromatic rings. The molecular formula is C22H27N3O5S. The van der Waals surface area contributed by atoms with Gasteiger partial charge >= 0.3 is 0 Å². The quantitative estimate of drug-likeness (QED) is 0.680. The lowest BCUT2D eigenvalue weighted by molar-refractivity contribution is -0.137. The van der Waals surface area contributed by atoms with Gasteiger partial charge < -0.3 is 15.0 Å². The van der Waals surface area contributed by atoms with Gasteiger partial charge in [-0.3, -0.25) is 9.59 Å². The Morgan fingerprint density at radius 2 is 1.90 bits per heavy atom. The van der Waals surface area contributed by atoms with Gasteiger partial charge in [0.05, 0.1) is 24.6 Å². The highest BCUT2D eigenvalue weighted by molar-refractivity contribution is 7.89. The lowest BCUT2D eigenvalue weighted by atomic mass is 10.1. The monoisotopic (exact) mass is 445 g/mol. The first-order valence-corrected chi connectivity index (χ1v) is 11.6. The number of aryl methyl sites for hydroxylation is 1. The van der Waals surface area contributed by atoms with Crippen molar-refractivity contribution in [1.82, 2.24) is 9.62 Å². The summed E-state index contributed by atoms with van der Waals surface area (Å²) < 4.78 is 33.6. The average molecular weight is 446 g/mol. The van der Waals surface area contributed by atoms with Gasteiger partial charge in [-0.05, 0) is 36.2 Å². The Morgan fingerprint density at radius 1 is 1.16 bits per heavy atom. The molecule has 2 N–H and O–H groups in total. The van der Waals surface area contributed by atoms with Crippen LogP contribution >= 0.6 is 0 Å². The molecule has 0 aliphatic carbocycles. The van der Waals surface area contributed by atoms with E-state index in [9.17, 15) is 18.0 Å². The zero-order valence-electron chi connectivity index (χ0n) is 17.6. The van der Waals surface area contributed by atoms with Gasteiger partial charge in [-0.25, -0.2) is 13.1 Å². The standard InChI is InChI=1S/C22H27N3O5S/c1-3-21(26)24-18-9-10-20(16(2)13-18)31(28,29)23-14-22(27)25-11-12-30-19(15-25)17-7-5-4-6-8-17/h4-10,13,19,23H,3,11-12,14-15H2,1-2H3,(H,24,26). The van der Waals surface area contributed by atoms with E-state index in [0.717, 1.165) is 5.56 Å². The molecule has 2 amide bonds. The maximum Gasteiger partial charge on any atom is 0.241 e. The summed E-state index contributed by atoms with van der Waals surface area (Å²) in [6, 6.07) is 14.2. The molecule has 8 nitrogen and oxygen atoms in total. The van der Waals surface area contributed by atoms with Crippen molar-refractivity contribution in [2.24, 2.45) is 0 Å². The molecule has 31 heavy (non-hydrogen) atoms. The van der Waals surface area contributed by atoms with E-state index in [1.807, 2.05) is 30.3 Å². The Balaban J connectivity index is 1.62. The number of rotatable bonds is 7. The Bertz CT molecular complexity index is 1040. The summed E-state index contributed by atoms with van der Waals surface area (Å²) in [6.45, 7) is 4.22. The smallest absolute Gasteiger partial charge is 0.241 e. The van der Waals surface area contributed by atoms with Crippen LogP contribution in [0, 0.1) is 6.92 Å². The van der Waals surface area contributed by atoms with Gasteiger partial charge in [0.1, 0.15) is 6.10 Å². The third kappa shape index (κ3) is 5.90. The molecule has 166 valence electrons. The van der Waals surface area contributed by atoms with Crippen molar-refractivity contribution in [3.8, 4) is 0 Å². The van der Waals surface area contributed by atoms with E-state index in [4.69, 9.17) is 4.74 Å². The number of hydrogen-bond donors (Lipinski definition) is 2. The van der Waals surface area contributed by atoms with Crippen LogP contribution in [0.25, 0.3) is 0 Å². The maximum atomic E-state index is 12.7. The van der Waals surface area contributed by atoms with Gasteiger partial charge in [-0.2, -0.15) is 0 Å². The fourth-order valence-electron chi connectivity index (χ4n) is 3.37. The third-order valence-electron chi connectivity index (χ3n) is 5.07. The SMILES string of the molecule is CCC(=O)Nc1ccc(S(=O)(=O)NCC(=O)N2CCOC(c3ccccc3)C2)c(C)c1. The Morgan fingerprint density at radius 3 is 2.58 bits per heavy atom. The summed E-state index contributed by atoms with van der Waals surface area (Å²) in [6.07, 6.45) is 0.0961. The predicted octanol–water partition coefficient (Wildman–Crippen LogP) is 2.22. The highest BCUT2D eigenvalue weighted by Gasteiger charge is 2.26. The first kappa shape index (κ1) is 22.9. The number of nitrogens with one attached hydrogen (secondary N) is 2. The number of nitrogens with zero attached hydrogens (tertiary/aromatic N) is 1. The number of ether oxygens (including phenoxy) is 1. The number of carbonyl (C=O) groups is 2. The van der Waals surface area contributed by atoms with E-state index in [1.54, 1.807) is 24.8 Å². The van der Waals surface area contributed by atoms with Crippen LogP contribution < -0.4 is 10.0 Å². The van der Waals surface area contributed by atoms with Crippen LogP contribution in [0.1, 0.15) is 30.6 Å². The summed E-state index contributed by atoms with van der Waals surface area (Å²) in [4.78, 5) is 25.8. The van der Waals surface area contributed by atoms with Gasteiger partial charge in [-0.15, -0.1) is 0 Å². The van der Waals surface area contributed by atoms with Crippen molar-refractivity contribution >= 4 is 27.5 Å². The van der Waals surface area contributed by atoms with Gasteiger partial charge in [0.25, 0.3) is 0 Å². The Labute approximate surface area is 182 Å². The van der Waals surface area contributed by atoms with Crippen molar-refractivity contribution < 1.29 is 22.7 Å². The van der Waals surface area contributed by atoms with Crippen molar-refractivity contribution in [2.75, 3.05) is 31.6 Å². The molecule has 9 heteroatoms. The lowest BCUT2D eigenvalue weighted by Gasteiger charge is -2.33. The van der Waals surface area contributed by atoms with Gasteiger partial charge in [0, 0.05) is 18.7 Å². The van der Waals surface area contributed by atoms with E-state index in [-0.39, 0.29) is 29.4 Å². The Kier molecular flexibility index (Phi) is 7.42. The topological polar surface area (TPSA) is 105 Å². The minimum Gasteiger partial charge on any atom is -0.370 e. The second-order valence-corrected chi connectivity index (χ2v) is 9.05. The summed E-state index contributed by atoms with van der Waals surface area (Å²) in [5, 5.41) is 2.70. The summed E-state index contributed by atoms with van der Waals surface area (Å²) in [7, 11) is -3.88. The van der Waals surface area contributed by atoms with Crippen molar-refractivity contribution in [2.45, 2.75) is 31.3 Å². The number of morpholine rings is 1. The van der Waals surface area contributed by atoms with Crippen molar-refractivity contribution in [1.29, 1.82) is 0 Å². The molecule has 1 aliphatic rings. The maximum absolute atomic E-state index is 12.7. The highest BCUT2D eigenvalue weighted by Crippen LogP contribution is 2.22. The van der Waals surface area contributed by atoms with Crippen LogP contribution in [-0.4, -0.2) is 51.4 Å². The molecule has 0 spiro atoms. The van der Waals surface area contributed by atoms with Crippen molar-refractivity contribution in [3.05, 3.63) is 59.7 Å². The van der Waals surface area contributed by atoms with Crippen LogP contribution in [0.15, 0.2) is 53.4 Å². The van der Waals surface area contributed by atoms with Gasteiger partial charge in [0.2, 0.25) is 21.8 Å². The molecule has 0 saturated carbocycles. The van der Waals surface area contributed by atoms with E-state index in [2.05, 4.69) is 10.0 Å². The highest BCUT2D eigenvalue weighted by atomic mass is 32.2. The zero-order valence-corrected chi connectivity index (χ0v) is 18.4. The number of carbonyl (C=O) groups excluding carboxylic acids is 2. The molecule has 3 rings (SSSR count). The summed E-state index contributed by atoms with van der Waals surface area (Å²) >= 11 is 0. The number of sulfonamides is 1. The minimum absolute atomic E-state index is 0.0685.